The van der Waals surface area contributed by atoms with Crippen LogP contribution in [-0.2, 0) is 16.1 Å². The normalized spacial score (nSPS) is 21.2. The molecule has 0 unspecified atom stereocenters. The van der Waals surface area contributed by atoms with E-state index < -0.39 is 0 Å². The monoisotopic (exact) mass is 442 g/mol. The fourth-order valence-corrected chi connectivity index (χ4v) is 5.13. The van der Waals surface area contributed by atoms with Crippen molar-refractivity contribution in [2.75, 3.05) is 66.0 Å². The van der Waals surface area contributed by atoms with Crippen LogP contribution in [0.15, 0.2) is 24.3 Å². The van der Waals surface area contributed by atoms with Gasteiger partial charge in [0.15, 0.2) is 0 Å². The highest BCUT2D eigenvalue weighted by atomic mass is 16.5. The molecular weight excluding hydrogens is 404 g/mol. The second-order valence-electron chi connectivity index (χ2n) is 9.52. The summed E-state index contributed by atoms with van der Waals surface area (Å²) in [5.74, 6) is 1.95. The Hall–Kier alpha value is -2.12. The average Bonchev–Trinajstić information content (AvgIpc) is 3.37. The summed E-state index contributed by atoms with van der Waals surface area (Å²) < 4.78 is 5.23. The van der Waals surface area contributed by atoms with E-state index in [2.05, 4.69) is 21.9 Å². The molecule has 0 spiro atoms. The first-order valence-corrected chi connectivity index (χ1v) is 12.2. The molecule has 1 aromatic rings. The van der Waals surface area contributed by atoms with Gasteiger partial charge in [-0.25, -0.2) is 0 Å². The summed E-state index contributed by atoms with van der Waals surface area (Å²) in [5.41, 5.74) is 1.27. The van der Waals surface area contributed by atoms with Crippen LogP contribution < -0.4 is 4.74 Å². The molecule has 1 aromatic carbocycles. The van der Waals surface area contributed by atoms with E-state index in [-0.39, 0.29) is 5.91 Å². The topological polar surface area (TPSA) is 56.3 Å². The van der Waals surface area contributed by atoms with Crippen LogP contribution >= 0.6 is 0 Å². The molecular formula is C25H38N4O3. The van der Waals surface area contributed by atoms with Crippen molar-refractivity contribution in [3.63, 3.8) is 0 Å². The highest BCUT2D eigenvalue weighted by Gasteiger charge is 2.28. The average molecular weight is 443 g/mol. The smallest absolute Gasteiger partial charge is 0.236 e. The third-order valence-corrected chi connectivity index (χ3v) is 7.28. The molecule has 0 bridgehead atoms. The summed E-state index contributed by atoms with van der Waals surface area (Å²) in [6.07, 6.45) is 5.06. The first-order chi connectivity index (χ1) is 15.6. The number of hydrogen-bond acceptors (Lipinski definition) is 5. The lowest BCUT2D eigenvalue weighted by Gasteiger charge is -2.37. The van der Waals surface area contributed by atoms with E-state index in [1.807, 2.05) is 21.9 Å². The highest BCUT2D eigenvalue weighted by Crippen LogP contribution is 2.23. The highest BCUT2D eigenvalue weighted by molar-refractivity contribution is 5.78. The third-order valence-electron chi connectivity index (χ3n) is 7.28. The van der Waals surface area contributed by atoms with E-state index in [4.69, 9.17) is 4.74 Å². The molecule has 2 amide bonds. The summed E-state index contributed by atoms with van der Waals surface area (Å²) in [6, 6.07) is 8.22. The zero-order valence-electron chi connectivity index (χ0n) is 19.5. The zero-order chi connectivity index (χ0) is 22.3. The number of benzene rings is 1. The van der Waals surface area contributed by atoms with Crippen molar-refractivity contribution in [3.8, 4) is 5.75 Å². The summed E-state index contributed by atoms with van der Waals surface area (Å²) in [7, 11) is 1.68. The molecule has 0 radical (unpaired) electrons. The molecule has 3 heterocycles. The zero-order valence-corrected chi connectivity index (χ0v) is 19.5. The summed E-state index contributed by atoms with van der Waals surface area (Å²) in [4.78, 5) is 34.0. The van der Waals surface area contributed by atoms with Gasteiger partial charge in [0.25, 0.3) is 0 Å². The Balaban J connectivity index is 1.13. The molecule has 7 heteroatoms. The molecule has 7 nitrogen and oxygen atoms in total. The minimum absolute atomic E-state index is 0.251. The fourth-order valence-electron chi connectivity index (χ4n) is 5.13. The lowest BCUT2D eigenvalue weighted by atomic mass is 9.93. The predicted octanol–water partition coefficient (Wildman–Crippen LogP) is 2.06. The molecule has 0 atom stereocenters. The Kier molecular flexibility index (Phi) is 8.03. The van der Waals surface area contributed by atoms with Gasteiger partial charge in [-0.1, -0.05) is 12.1 Å². The number of carbonyl (C=O) groups excluding carboxylic acids is 2. The molecule has 3 aliphatic heterocycles. The van der Waals surface area contributed by atoms with Gasteiger partial charge in [0.2, 0.25) is 11.8 Å². The molecule has 176 valence electrons. The molecule has 0 saturated carbocycles. The minimum atomic E-state index is 0.251. The number of methoxy groups -OCH3 is 1. The van der Waals surface area contributed by atoms with Crippen LogP contribution in [0.25, 0.3) is 0 Å². The van der Waals surface area contributed by atoms with Crippen molar-refractivity contribution in [1.29, 1.82) is 0 Å². The molecule has 3 aliphatic rings. The number of piperazine rings is 1. The van der Waals surface area contributed by atoms with Gasteiger partial charge in [0.1, 0.15) is 5.75 Å². The van der Waals surface area contributed by atoms with Crippen molar-refractivity contribution in [3.05, 3.63) is 29.8 Å². The lowest BCUT2D eigenvalue weighted by molar-refractivity contribution is -0.135. The van der Waals surface area contributed by atoms with Crippen LogP contribution in [0, 0.1) is 5.92 Å². The molecule has 0 aliphatic carbocycles. The Labute approximate surface area is 192 Å². The number of hydrogen-bond donors (Lipinski definition) is 0. The Morgan fingerprint density at radius 2 is 1.44 bits per heavy atom. The van der Waals surface area contributed by atoms with Crippen molar-refractivity contribution in [2.24, 2.45) is 5.92 Å². The van der Waals surface area contributed by atoms with E-state index in [0.29, 0.717) is 24.8 Å². The van der Waals surface area contributed by atoms with Gasteiger partial charge in [0.05, 0.1) is 13.7 Å². The van der Waals surface area contributed by atoms with Crippen molar-refractivity contribution < 1.29 is 14.3 Å². The maximum Gasteiger partial charge on any atom is 0.236 e. The SMILES string of the molecule is COc1ccc(CN2CCN(C(=O)CN3CCC(CC(=O)N4CCCC4)CC3)CC2)cc1. The summed E-state index contributed by atoms with van der Waals surface area (Å²) in [6.45, 7) is 8.62. The Morgan fingerprint density at radius 1 is 0.812 bits per heavy atom. The standard InChI is InChI=1S/C25H38N4O3/c1-32-23-6-4-22(5-7-23)19-27-14-16-29(17-15-27)25(31)20-26-12-8-21(9-13-26)18-24(30)28-10-2-3-11-28/h4-7,21H,2-3,8-20H2,1H3. The van der Waals surface area contributed by atoms with Crippen LogP contribution in [0.1, 0.15) is 37.7 Å². The van der Waals surface area contributed by atoms with Crippen LogP contribution in [0.4, 0.5) is 0 Å². The third kappa shape index (κ3) is 6.23. The fraction of sp³-hybridized carbons (Fsp3) is 0.680. The number of carbonyl (C=O) groups is 2. The van der Waals surface area contributed by atoms with Gasteiger partial charge in [-0.05, 0) is 62.4 Å². The maximum absolute atomic E-state index is 12.8. The van der Waals surface area contributed by atoms with Gasteiger partial charge in [0, 0.05) is 52.2 Å². The minimum Gasteiger partial charge on any atom is -0.497 e. The lowest BCUT2D eigenvalue weighted by Crippen LogP contribution is -2.51. The van der Waals surface area contributed by atoms with Gasteiger partial charge < -0.3 is 14.5 Å². The Bertz CT molecular complexity index is 747. The first kappa shape index (κ1) is 23.1. The largest absolute Gasteiger partial charge is 0.497 e. The van der Waals surface area contributed by atoms with E-state index in [1.165, 1.54) is 5.56 Å². The van der Waals surface area contributed by atoms with Gasteiger partial charge in [-0.3, -0.25) is 19.4 Å². The van der Waals surface area contributed by atoms with E-state index in [0.717, 1.165) is 90.3 Å². The van der Waals surface area contributed by atoms with Crippen LogP contribution in [0.2, 0.25) is 0 Å². The molecule has 0 aromatic heterocycles. The van der Waals surface area contributed by atoms with Crippen molar-refractivity contribution >= 4 is 11.8 Å². The predicted molar refractivity (Wildman–Crippen MR) is 124 cm³/mol. The molecule has 0 N–H and O–H groups in total. The second-order valence-corrected chi connectivity index (χ2v) is 9.52. The number of likely N-dealkylation sites (tertiary alicyclic amines) is 2. The molecule has 3 fully saturated rings. The van der Waals surface area contributed by atoms with Crippen molar-refractivity contribution in [1.82, 2.24) is 19.6 Å². The molecule has 4 rings (SSSR count). The van der Waals surface area contributed by atoms with Gasteiger partial charge in [-0.2, -0.15) is 0 Å². The molecule has 32 heavy (non-hydrogen) atoms. The first-order valence-electron chi connectivity index (χ1n) is 12.2. The maximum atomic E-state index is 12.8. The van der Waals surface area contributed by atoms with Gasteiger partial charge in [-0.15, -0.1) is 0 Å². The van der Waals surface area contributed by atoms with Crippen LogP contribution in [0.5, 0.6) is 5.75 Å². The number of nitrogens with zero attached hydrogens (tertiary/aromatic N) is 4. The van der Waals surface area contributed by atoms with E-state index in [1.54, 1.807) is 7.11 Å². The summed E-state index contributed by atoms with van der Waals surface area (Å²) >= 11 is 0. The second kappa shape index (κ2) is 11.1. The number of rotatable bonds is 7. The quantitative estimate of drug-likeness (QED) is 0.647. The van der Waals surface area contributed by atoms with E-state index in [9.17, 15) is 9.59 Å². The Morgan fingerprint density at radius 3 is 2.06 bits per heavy atom. The summed E-state index contributed by atoms with van der Waals surface area (Å²) in [5, 5.41) is 0. The van der Waals surface area contributed by atoms with E-state index >= 15 is 0 Å². The van der Waals surface area contributed by atoms with Gasteiger partial charge >= 0.3 is 0 Å². The number of amides is 2. The molecule has 3 saturated heterocycles. The van der Waals surface area contributed by atoms with Crippen LogP contribution in [0.3, 0.4) is 0 Å². The number of piperidine rings is 1. The number of ether oxygens (including phenoxy) is 1. The van der Waals surface area contributed by atoms with Crippen molar-refractivity contribution in [2.45, 2.75) is 38.6 Å². The van der Waals surface area contributed by atoms with Crippen LogP contribution in [-0.4, -0.2) is 97.4 Å².